The van der Waals surface area contributed by atoms with Gasteiger partial charge in [0.05, 0.1) is 4.92 Å². The number of aryl methyl sites for hydroxylation is 1. The second-order valence-electron chi connectivity index (χ2n) is 3.69. The largest absolute Gasteiger partial charge is 0.322 e. The first-order chi connectivity index (χ1) is 7.41. The zero-order valence-corrected chi connectivity index (χ0v) is 10.8. The Morgan fingerprint density at radius 2 is 2.12 bits per heavy atom. The highest BCUT2D eigenvalue weighted by atomic mass is 35.5. The quantitative estimate of drug-likeness (QED) is 0.274. The van der Waals surface area contributed by atoms with Crippen LogP contribution in [0.2, 0.25) is 5.28 Å². The molecule has 1 rings (SSSR count). The van der Waals surface area contributed by atoms with Crippen molar-refractivity contribution in [3.63, 3.8) is 0 Å². The fraction of sp³-hybridized carbons (Fsp3) is 0.556. The van der Waals surface area contributed by atoms with E-state index in [-0.39, 0.29) is 11.0 Å². The fourth-order valence-electron chi connectivity index (χ4n) is 1.06. The molecule has 7 heteroatoms. The number of hydrogen-bond donors (Lipinski definition) is 0. The van der Waals surface area contributed by atoms with E-state index in [1.165, 1.54) is 11.8 Å². The van der Waals surface area contributed by atoms with Crippen LogP contribution in [0.3, 0.4) is 0 Å². The normalized spacial score (nSPS) is 10.8. The Morgan fingerprint density at radius 3 is 2.62 bits per heavy atom. The molecule has 1 aromatic rings. The van der Waals surface area contributed by atoms with Gasteiger partial charge < -0.3 is 0 Å². The van der Waals surface area contributed by atoms with Gasteiger partial charge in [-0.25, -0.2) is 9.97 Å². The highest BCUT2D eigenvalue weighted by Gasteiger charge is 2.21. The molecular weight excluding hydrogens is 250 g/mol. The van der Waals surface area contributed by atoms with Gasteiger partial charge in [-0.15, -0.1) is 0 Å². The van der Waals surface area contributed by atoms with Gasteiger partial charge in [-0.05, 0) is 24.4 Å². The molecule has 0 bridgehead atoms. The molecule has 1 aromatic heterocycles. The van der Waals surface area contributed by atoms with Crippen molar-refractivity contribution in [1.82, 2.24) is 9.97 Å². The first-order valence-corrected chi connectivity index (χ1v) is 6.09. The lowest BCUT2D eigenvalue weighted by Crippen LogP contribution is -2.01. The molecule has 0 unspecified atom stereocenters. The number of nitrogens with zero attached hydrogens (tertiary/aromatic N) is 3. The molecule has 0 N–H and O–H groups in total. The van der Waals surface area contributed by atoms with Gasteiger partial charge in [-0.2, -0.15) is 0 Å². The summed E-state index contributed by atoms with van der Waals surface area (Å²) in [6, 6.07) is 0. The number of rotatable bonds is 4. The first-order valence-electron chi connectivity index (χ1n) is 4.73. The maximum absolute atomic E-state index is 10.9. The molecule has 0 saturated carbocycles. The summed E-state index contributed by atoms with van der Waals surface area (Å²) in [5.41, 5.74) is 0.256. The molecule has 0 aliphatic rings. The molecule has 88 valence electrons. The molecule has 0 fully saturated rings. The summed E-state index contributed by atoms with van der Waals surface area (Å²) < 4.78 is 0. The third kappa shape index (κ3) is 3.31. The summed E-state index contributed by atoms with van der Waals surface area (Å²) in [6.07, 6.45) is 0. The Morgan fingerprint density at radius 1 is 1.50 bits per heavy atom. The first kappa shape index (κ1) is 13.2. The molecule has 0 amide bonds. The summed E-state index contributed by atoms with van der Waals surface area (Å²) in [7, 11) is 0. The van der Waals surface area contributed by atoms with E-state index in [1.807, 2.05) is 13.8 Å². The number of halogens is 1. The maximum atomic E-state index is 10.9. The molecule has 0 aliphatic heterocycles. The van der Waals surface area contributed by atoms with Crippen molar-refractivity contribution >= 4 is 29.1 Å². The topological polar surface area (TPSA) is 68.9 Å². The molecule has 5 nitrogen and oxygen atoms in total. The second-order valence-corrected chi connectivity index (χ2v) is 5.04. The van der Waals surface area contributed by atoms with Crippen molar-refractivity contribution in [2.75, 3.05) is 5.75 Å². The van der Waals surface area contributed by atoms with Crippen molar-refractivity contribution in [3.8, 4) is 0 Å². The SMILES string of the molecule is Cc1nc(Cl)nc(SCC(C)C)c1[N+](=O)[O-]. The Bertz CT molecular complexity index is 412. The molecule has 1 heterocycles. The standard InChI is InChI=1S/C9H12ClN3O2S/c1-5(2)4-16-8-7(13(14)15)6(3)11-9(10)12-8/h5H,4H2,1-3H3. The minimum Gasteiger partial charge on any atom is -0.258 e. The summed E-state index contributed by atoms with van der Waals surface area (Å²) in [4.78, 5) is 18.1. The van der Waals surface area contributed by atoms with Gasteiger partial charge >= 0.3 is 5.69 Å². The van der Waals surface area contributed by atoms with E-state index >= 15 is 0 Å². The van der Waals surface area contributed by atoms with E-state index in [9.17, 15) is 10.1 Å². The van der Waals surface area contributed by atoms with Crippen molar-refractivity contribution < 1.29 is 4.92 Å². The van der Waals surface area contributed by atoms with E-state index in [2.05, 4.69) is 9.97 Å². The predicted octanol–water partition coefficient (Wildman–Crippen LogP) is 3.09. The highest BCUT2D eigenvalue weighted by molar-refractivity contribution is 7.99. The van der Waals surface area contributed by atoms with Crippen LogP contribution in [0.15, 0.2) is 5.03 Å². The smallest absolute Gasteiger partial charge is 0.258 e. The van der Waals surface area contributed by atoms with Gasteiger partial charge in [0.25, 0.3) is 0 Å². The molecular formula is C9H12ClN3O2S. The molecule has 0 radical (unpaired) electrons. The van der Waals surface area contributed by atoms with Crippen LogP contribution in [0.1, 0.15) is 19.5 Å². The number of thioether (sulfide) groups is 1. The lowest BCUT2D eigenvalue weighted by molar-refractivity contribution is -0.389. The molecule has 0 aromatic carbocycles. The van der Waals surface area contributed by atoms with Crippen LogP contribution in [0.25, 0.3) is 0 Å². The number of aromatic nitrogens is 2. The fourth-order valence-corrected chi connectivity index (χ4v) is 2.33. The van der Waals surface area contributed by atoms with E-state index < -0.39 is 4.92 Å². The van der Waals surface area contributed by atoms with Crippen LogP contribution in [0.4, 0.5) is 5.69 Å². The van der Waals surface area contributed by atoms with Gasteiger partial charge in [-0.3, -0.25) is 10.1 Å². The second kappa shape index (κ2) is 5.45. The van der Waals surface area contributed by atoms with Crippen molar-refractivity contribution in [3.05, 3.63) is 21.1 Å². The van der Waals surface area contributed by atoms with Crippen LogP contribution < -0.4 is 0 Å². The van der Waals surface area contributed by atoms with E-state index in [0.717, 1.165) is 5.75 Å². The average Bonchev–Trinajstić information content (AvgIpc) is 2.12. The minimum absolute atomic E-state index is 0.0462. The van der Waals surface area contributed by atoms with Crippen molar-refractivity contribution in [1.29, 1.82) is 0 Å². The van der Waals surface area contributed by atoms with E-state index in [1.54, 1.807) is 6.92 Å². The highest BCUT2D eigenvalue weighted by Crippen LogP contribution is 2.31. The summed E-state index contributed by atoms with van der Waals surface area (Å²) in [5, 5.41) is 11.3. The van der Waals surface area contributed by atoms with Crippen LogP contribution in [0, 0.1) is 23.0 Å². The molecule has 16 heavy (non-hydrogen) atoms. The third-order valence-corrected chi connectivity index (χ3v) is 3.30. The monoisotopic (exact) mass is 261 g/mol. The Balaban J connectivity index is 3.09. The maximum Gasteiger partial charge on any atom is 0.322 e. The van der Waals surface area contributed by atoms with Crippen LogP contribution >= 0.6 is 23.4 Å². The van der Waals surface area contributed by atoms with Gasteiger partial charge in [0, 0.05) is 5.75 Å². The predicted molar refractivity (Wildman–Crippen MR) is 64.0 cm³/mol. The average molecular weight is 262 g/mol. The summed E-state index contributed by atoms with van der Waals surface area (Å²) in [6.45, 7) is 5.63. The van der Waals surface area contributed by atoms with Gasteiger partial charge in [0.15, 0.2) is 5.03 Å². The van der Waals surface area contributed by atoms with Gasteiger partial charge in [0.2, 0.25) is 5.28 Å². The van der Waals surface area contributed by atoms with Crippen LogP contribution in [-0.4, -0.2) is 20.6 Å². The Kier molecular flexibility index (Phi) is 4.49. The number of nitro groups is 1. The lowest BCUT2D eigenvalue weighted by atomic mass is 10.3. The minimum atomic E-state index is -0.464. The zero-order valence-electron chi connectivity index (χ0n) is 9.23. The van der Waals surface area contributed by atoms with Crippen molar-refractivity contribution in [2.45, 2.75) is 25.8 Å². The molecule has 0 saturated heterocycles. The Labute approximate surface area is 103 Å². The van der Waals surface area contributed by atoms with E-state index in [4.69, 9.17) is 11.6 Å². The third-order valence-electron chi connectivity index (χ3n) is 1.74. The van der Waals surface area contributed by atoms with Gasteiger partial charge in [-0.1, -0.05) is 25.6 Å². The van der Waals surface area contributed by atoms with Crippen molar-refractivity contribution in [2.24, 2.45) is 5.92 Å². The molecule has 0 spiro atoms. The van der Waals surface area contributed by atoms with Crippen LogP contribution in [0.5, 0.6) is 0 Å². The number of hydrogen-bond acceptors (Lipinski definition) is 5. The summed E-state index contributed by atoms with van der Waals surface area (Å²) >= 11 is 7.02. The van der Waals surface area contributed by atoms with E-state index in [0.29, 0.717) is 16.6 Å². The molecule has 0 aliphatic carbocycles. The lowest BCUT2D eigenvalue weighted by Gasteiger charge is -2.06. The molecule has 0 atom stereocenters. The Hall–Kier alpha value is -0.880. The van der Waals surface area contributed by atoms with Gasteiger partial charge in [0.1, 0.15) is 5.69 Å². The summed E-state index contributed by atoms with van der Waals surface area (Å²) in [5.74, 6) is 1.19. The zero-order chi connectivity index (χ0) is 12.3. The van der Waals surface area contributed by atoms with Crippen LogP contribution in [-0.2, 0) is 0 Å².